The standard InChI is InChI=1S/C15H20ClN3O/c1-10(2)8-13-14(17)15(20)19(18(13)3)9-11-6-4-5-7-12(11)16/h4-7,10H,8-9,17H2,1-3H3. The summed E-state index contributed by atoms with van der Waals surface area (Å²) in [6.07, 6.45) is 0.785. The number of hydrogen-bond donors (Lipinski definition) is 1. The zero-order chi connectivity index (χ0) is 14.9. The second-order valence-electron chi connectivity index (χ2n) is 5.44. The zero-order valence-electron chi connectivity index (χ0n) is 12.1. The Hall–Kier alpha value is -1.68. The van der Waals surface area contributed by atoms with Crippen molar-refractivity contribution >= 4 is 17.3 Å². The molecule has 0 unspecified atom stereocenters. The summed E-state index contributed by atoms with van der Waals surface area (Å²) >= 11 is 6.15. The third-order valence-electron chi connectivity index (χ3n) is 3.41. The van der Waals surface area contributed by atoms with Gasteiger partial charge in [-0.1, -0.05) is 43.6 Å². The van der Waals surface area contributed by atoms with Crippen LogP contribution in [0, 0.1) is 5.92 Å². The van der Waals surface area contributed by atoms with E-state index in [1.165, 1.54) is 0 Å². The molecule has 20 heavy (non-hydrogen) atoms. The van der Waals surface area contributed by atoms with Crippen molar-refractivity contribution in [2.75, 3.05) is 5.73 Å². The molecule has 0 atom stereocenters. The van der Waals surface area contributed by atoms with Crippen molar-refractivity contribution in [2.24, 2.45) is 13.0 Å². The van der Waals surface area contributed by atoms with E-state index in [-0.39, 0.29) is 5.56 Å². The monoisotopic (exact) mass is 293 g/mol. The van der Waals surface area contributed by atoms with E-state index < -0.39 is 0 Å². The molecule has 2 rings (SSSR count). The van der Waals surface area contributed by atoms with Crippen molar-refractivity contribution in [1.29, 1.82) is 0 Å². The van der Waals surface area contributed by atoms with E-state index in [9.17, 15) is 4.79 Å². The molecule has 0 bridgehead atoms. The molecule has 2 N–H and O–H groups in total. The molecular formula is C15H20ClN3O. The Bertz CT molecular complexity index is 670. The highest BCUT2D eigenvalue weighted by Gasteiger charge is 2.16. The second kappa shape index (κ2) is 5.75. The third-order valence-corrected chi connectivity index (χ3v) is 3.78. The number of benzene rings is 1. The van der Waals surface area contributed by atoms with E-state index >= 15 is 0 Å². The van der Waals surface area contributed by atoms with Crippen LogP contribution in [0.15, 0.2) is 29.1 Å². The van der Waals surface area contributed by atoms with Crippen molar-refractivity contribution < 1.29 is 0 Å². The van der Waals surface area contributed by atoms with Gasteiger partial charge in [-0.05, 0) is 24.0 Å². The van der Waals surface area contributed by atoms with Crippen LogP contribution in [0.25, 0.3) is 0 Å². The summed E-state index contributed by atoms with van der Waals surface area (Å²) in [6.45, 7) is 4.64. The Morgan fingerprint density at radius 1 is 1.30 bits per heavy atom. The fourth-order valence-electron chi connectivity index (χ4n) is 2.31. The average Bonchev–Trinajstić information content (AvgIpc) is 2.58. The van der Waals surface area contributed by atoms with Gasteiger partial charge in [0.25, 0.3) is 5.56 Å². The van der Waals surface area contributed by atoms with E-state index in [2.05, 4.69) is 13.8 Å². The summed E-state index contributed by atoms with van der Waals surface area (Å²) in [6, 6.07) is 7.52. The molecule has 1 aromatic heterocycles. The lowest BCUT2D eigenvalue weighted by Gasteiger charge is -2.12. The van der Waals surface area contributed by atoms with Crippen LogP contribution < -0.4 is 11.3 Å². The lowest BCUT2D eigenvalue weighted by molar-refractivity contribution is 0.500. The lowest BCUT2D eigenvalue weighted by atomic mass is 10.1. The Morgan fingerprint density at radius 2 is 1.95 bits per heavy atom. The highest BCUT2D eigenvalue weighted by atomic mass is 35.5. The van der Waals surface area contributed by atoms with Gasteiger partial charge in [-0.3, -0.25) is 9.48 Å². The fraction of sp³-hybridized carbons (Fsp3) is 0.400. The molecule has 0 saturated carbocycles. The lowest BCUT2D eigenvalue weighted by Crippen LogP contribution is -2.23. The van der Waals surface area contributed by atoms with Crippen LogP contribution in [0.4, 0.5) is 5.69 Å². The molecule has 0 amide bonds. The van der Waals surface area contributed by atoms with Gasteiger partial charge >= 0.3 is 0 Å². The van der Waals surface area contributed by atoms with Crippen LogP contribution in [0.5, 0.6) is 0 Å². The van der Waals surface area contributed by atoms with Crippen LogP contribution in [-0.4, -0.2) is 9.36 Å². The van der Waals surface area contributed by atoms with Crippen LogP contribution in [0.3, 0.4) is 0 Å². The summed E-state index contributed by atoms with van der Waals surface area (Å²) in [5.74, 6) is 0.444. The Morgan fingerprint density at radius 3 is 2.55 bits per heavy atom. The van der Waals surface area contributed by atoms with Gasteiger partial charge in [0.2, 0.25) is 0 Å². The number of aromatic nitrogens is 2. The Balaban J connectivity index is 2.43. The molecule has 0 fully saturated rings. The molecule has 1 heterocycles. The molecule has 2 aromatic rings. The number of nitrogen functional groups attached to an aromatic ring is 1. The van der Waals surface area contributed by atoms with Crippen LogP contribution in [-0.2, 0) is 20.0 Å². The van der Waals surface area contributed by atoms with Crippen molar-refractivity contribution in [1.82, 2.24) is 9.36 Å². The van der Waals surface area contributed by atoms with Gasteiger partial charge in [0.15, 0.2) is 0 Å². The molecule has 0 saturated heterocycles. The number of rotatable bonds is 4. The van der Waals surface area contributed by atoms with E-state index in [1.54, 1.807) is 4.68 Å². The summed E-state index contributed by atoms with van der Waals surface area (Å²) in [4.78, 5) is 12.3. The first kappa shape index (κ1) is 14.7. The number of nitrogens with zero attached hydrogens (tertiary/aromatic N) is 2. The maximum Gasteiger partial charge on any atom is 0.290 e. The number of nitrogens with two attached hydrogens (primary N) is 1. The SMILES string of the molecule is CC(C)Cc1c(N)c(=O)n(Cc2ccccc2Cl)n1C. The Labute approximate surface area is 123 Å². The summed E-state index contributed by atoms with van der Waals surface area (Å²) in [5, 5.41) is 0.657. The third kappa shape index (κ3) is 2.75. The predicted octanol–water partition coefficient (Wildman–Crippen LogP) is 2.67. The van der Waals surface area contributed by atoms with E-state index in [0.717, 1.165) is 17.7 Å². The van der Waals surface area contributed by atoms with Gasteiger partial charge < -0.3 is 5.73 Å². The van der Waals surface area contributed by atoms with Gasteiger partial charge in [-0.15, -0.1) is 0 Å². The number of anilines is 1. The first-order valence-corrected chi connectivity index (χ1v) is 7.07. The number of hydrogen-bond acceptors (Lipinski definition) is 2. The first-order chi connectivity index (χ1) is 9.41. The van der Waals surface area contributed by atoms with Gasteiger partial charge in [0.1, 0.15) is 5.69 Å². The molecule has 1 aromatic carbocycles. The van der Waals surface area contributed by atoms with Crippen molar-refractivity contribution in [3.63, 3.8) is 0 Å². The van der Waals surface area contributed by atoms with Gasteiger partial charge in [-0.2, -0.15) is 0 Å². The molecule has 0 aliphatic heterocycles. The minimum atomic E-state index is -0.150. The van der Waals surface area contributed by atoms with E-state index in [1.807, 2.05) is 36.0 Å². The second-order valence-corrected chi connectivity index (χ2v) is 5.84. The molecule has 0 aliphatic rings. The van der Waals surface area contributed by atoms with Crippen molar-refractivity contribution in [2.45, 2.75) is 26.8 Å². The maximum absolute atomic E-state index is 12.3. The largest absolute Gasteiger partial charge is 0.393 e. The highest BCUT2D eigenvalue weighted by molar-refractivity contribution is 6.31. The van der Waals surface area contributed by atoms with Crippen molar-refractivity contribution in [3.8, 4) is 0 Å². The smallest absolute Gasteiger partial charge is 0.290 e. The van der Waals surface area contributed by atoms with E-state index in [4.69, 9.17) is 17.3 Å². The quantitative estimate of drug-likeness (QED) is 0.942. The molecule has 4 nitrogen and oxygen atoms in total. The molecule has 5 heteroatoms. The zero-order valence-corrected chi connectivity index (χ0v) is 12.8. The molecule has 0 spiro atoms. The minimum Gasteiger partial charge on any atom is -0.393 e. The average molecular weight is 294 g/mol. The number of halogens is 1. The molecule has 108 valence electrons. The van der Waals surface area contributed by atoms with Gasteiger partial charge in [0, 0.05) is 12.1 Å². The molecular weight excluding hydrogens is 274 g/mol. The van der Waals surface area contributed by atoms with Crippen LogP contribution in [0.2, 0.25) is 5.02 Å². The Kier molecular flexibility index (Phi) is 4.23. The highest BCUT2D eigenvalue weighted by Crippen LogP contribution is 2.18. The van der Waals surface area contributed by atoms with E-state index in [0.29, 0.717) is 23.2 Å². The van der Waals surface area contributed by atoms with Crippen LogP contribution >= 0.6 is 11.6 Å². The van der Waals surface area contributed by atoms with Gasteiger partial charge in [-0.25, -0.2) is 4.68 Å². The van der Waals surface area contributed by atoms with Gasteiger partial charge in [0.05, 0.1) is 12.2 Å². The molecule has 0 radical (unpaired) electrons. The summed E-state index contributed by atoms with van der Waals surface area (Å²) in [5.41, 5.74) is 7.94. The van der Waals surface area contributed by atoms with Crippen LogP contribution in [0.1, 0.15) is 25.1 Å². The predicted molar refractivity (Wildman–Crippen MR) is 83.2 cm³/mol. The maximum atomic E-state index is 12.3. The first-order valence-electron chi connectivity index (χ1n) is 6.69. The minimum absolute atomic E-state index is 0.150. The van der Waals surface area contributed by atoms with Crippen molar-refractivity contribution in [3.05, 3.63) is 50.9 Å². The normalized spacial score (nSPS) is 11.2. The summed E-state index contributed by atoms with van der Waals surface area (Å²) < 4.78 is 3.48. The summed E-state index contributed by atoms with van der Waals surface area (Å²) in [7, 11) is 1.87. The topological polar surface area (TPSA) is 53.0 Å². The molecule has 0 aliphatic carbocycles. The fourth-order valence-corrected chi connectivity index (χ4v) is 2.51.